The lowest BCUT2D eigenvalue weighted by atomic mass is 9.82. The van der Waals surface area contributed by atoms with Gasteiger partial charge in [0.15, 0.2) is 0 Å². The quantitative estimate of drug-likeness (QED) is 0.733. The second-order valence-corrected chi connectivity index (χ2v) is 8.62. The first-order valence-electron chi connectivity index (χ1n) is 11.2. The molecule has 0 spiro atoms. The van der Waals surface area contributed by atoms with Gasteiger partial charge in [0.2, 0.25) is 5.91 Å². The zero-order chi connectivity index (χ0) is 20.9. The summed E-state index contributed by atoms with van der Waals surface area (Å²) in [6.45, 7) is 7.49. The molecule has 3 saturated heterocycles. The molecular weight excluding hydrogens is 382 g/mol. The maximum Gasteiger partial charge on any atom is 0.253 e. The average Bonchev–Trinajstić information content (AvgIpc) is 2.95. The van der Waals surface area contributed by atoms with Crippen LogP contribution < -0.4 is 4.74 Å². The van der Waals surface area contributed by atoms with E-state index in [2.05, 4.69) is 4.90 Å². The fraction of sp³-hybridized carbons (Fsp3) is 0.652. The number of nitrogens with zero attached hydrogens (tertiary/aromatic N) is 3. The van der Waals surface area contributed by atoms with Gasteiger partial charge in [-0.15, -0.1) is 0 Å². The fourth-order valence-electron chi connectivity index (χ4n) is 4.90. The van der Waals surface area contributed by atoms with Crippen LogP contribution in [0.4, 0.5) is 0 Å². The zero-order valence-electron chi connectivity index (χ0n) is 17.9. The number of rotatable bonds is 5. The van der Waals surface area contributed by atoms with E-state index in [0.717, 1.165) is 77.6 Å². The van der Waals surface area contributed by atoms with Crippen molar-refractivity contribution < 1.29 is 19.1 Å². The Morgan fingerprint density at radius 3 is 2.50 bits per heavy atom. The number of amides is 2. The Morgan fingerprint density at radius 2 is 1.77 bits per heavy atom. The first-order valence-corrected chi connectivity index (χ1v) is 11.2. The second kappa shape index (κ2) is 9.79. The number of carbonyl (C=O) groups is 2. The van der Waals surface area contributed by atoms with E-state index < -0.39 is 0 Å². The first kappa shape index (κ1) is 21.1. The van der Waals surface area contributed by atoms with E-state index >= 15 is 0 Å². The van der Waals surface area contributed by atoms with E-state index in [4.69, 9.17) is 9.47 Å². The van der Waals surface area contributed by atoms with Gasteiger partial charge < -0.3 is 19.3 Å². The molecular formula is C23H33N3O4. The van der Waals surface area contributed by atoms with Gasteiger partial charge in [-0.25, -0.2) is 0 Å². The largest absolute Gasteiger partial charge is 0.497 e. The predicted molar refractivity (Wildman–Crippen MR) is 114 cm³/mol. The molecule has 3 aliphatic heterocycles. The minimum atomic E-state index is 0.0795. The Morgan fingerprint density at radius 1 is 1.03 bits per heavy atom. The predicted octanol–water partition coefficient (Wildman–Crippen LogP) is 1.73. The van der Waals surface area contributed by atoms with Gasteiger partial charge >= 0.3 is 0 Å². The number of methoxy groups -OCH3 is 1. The number of ether oxygens (including phenoxy) is 2. The van der Waals surface area contributed by atoms with E-state index in [1.807, 2.05) is 34.1 Å². The molecule has 3 aliphatic rings. The molecule has 3 fully saturated rings. The van der Waals surface area contributed by atoms with Gasteiger partial charge in [-0.2, -0.15) is 0 Å². The Bertz CT molecular complexity index is 732. The Labute approximate surface area is 178 Å². The minimum absolute atomic E-state index is 0.0795. The Kier molecular flexibility index (Phi) is 6.89. The van der Waals surface area contributed by atoms with Gasteiger partial charge in [-0.3, -0.25) is 14.5 Å². The van der Waals surface area contributed by atoms with Crippen molar-refractivity contribution in [1.82, 2.24) is 14.7 Å². The summed E-state index contributed by atoms with van der Waals surface area (Å²) in [5.41, 5.74) is 0.700. The van der Waals surface area contributed by atoms with Crippen molar-refractivity contribution in [3.8, 4) is 5.75 Å². The summed E-state index contributed by atoms with van der Waals surface area (Å²) in [7, 11) is 1.62. The fourth-order valence-corrected chi connectivity index (χ4v) is 4.90. The van der Waals surface area contributed by atoms with Crippen LogP contribution in [0.1, 0.15) is 29.6 Å². The Balaban J connectivity index is 1.32. The summed E-state index contributed by atoms with van der Waals surface area (Å²) >= 11 is 0. The molecule has 0 saturated carbocycles. The SMILES string of the molecule is COc1ccc(C(=O)N2CC[C@H]3CC(=O)N(CCN4CCOCC4)CC[C@H]3C2)cc1. The van der Waals surface area contributed by atoms with E-state index in [1.165, 1.54) is 0 Å². The van der Waals surface area contributed by atoms with E-state index in [9.17, 15) is 9.59 Å². The topological polar surface area (TPSA) is 62.3 Å². The molecule has 2 amide bonds. The molecule has 164 valence electrons. The number of piperidine rings is 1. The number of hydrogen-bond donors (Lipinski definition) is 0. The summed E-state index contributed by atoms with van der Waals surface area (Å²) in [5, 5.41) is 0. The van der Waals surface area contributed by atoms with Crippen LogP contribution in [0.2, 0.25) is 0 Å². The van der Waals surface area contributed by atoms with Gasteiger partial charge in [0, 0.05) is 57.8 Å². The van der Waals surface area contributed by atoms with Crippen molar-refractivity contribution >= 4 is 11.8 Å². The van der Waals surface area contributed by atoms with Crippen LogP contribution >= 0.6 is 0 Å². The van der Waals surface area contributed by atoms with Crippen molar-refractivity contribution in [3.63, 3.8) is 0 Å². The van der Waals surface area contributed by atoms with E-state index in [0.29, 0.717) is 23.8 Å². The van der Waals surface area contributed by atoms with Gasteiger partial charge in [-0.05, 0) is 48.9 Å². The molecule has 0 aromatic heterocycles. The van der Waals surface area contributed by atoms with Crippen LogP contribution in [0.15, 0.2) is 24.3 Å². The third-order valence-electron chi connectivity index (χ3n) is 6.86. The molecule has 7 heteroatoms. The number of benzene rings is 1. The molecule has 0 radical (unpaired) electrons. The van der Waals surface area contributed by atoms with Crippen molar-refractivity contribution in [2.45, 2.75) is 19.3 Å². The highest BCUT2D eigenvalue weighted by atomic mass is 16.5. The third-order valence-corrected chi connectivity index (χ3v) is 6.86. The molecule has 1 aromatic carbocycles. The smallest absolute Gasteiger partial charge is 0.253 e. The van der Waals surface area contributed by atoms with Crippen molar-refractivity contribution in [2.75, 3.05) is 66.1 Å². The average molecular weight is 416 g/mol. The summed E-state index contributed by atoms with van der Waals surface area (Å²) in [5.74, 6) is 1.91. The van der Waals surface area contributed by atoms with Crippen molar-refractivity contribution in [2.24, 2.45) is 11.8 Å². The molecule has 30 heavy (non-hydrogen) atoms. The number of fused-ring (bicyclic) bond motifs is 1. The number of carbonyl (C=O) groups excluding carboxylic acids is 2. The first-order chi connectivity index (χ1) is 14.6. The minimum Gasteiger partial charge on any atom is -0.497 e. The lowest BCUT2D eigenvalue weighted by molar-refractivity contribution is -0.131. The lowest BCUT2D eigenvalue weighted by Crippen LogP contribution is -2.43. The summed E-state index contributed by atoms with van der Waals surface area (Å²) in [6.07, 6.45) is 2.51. The molecule has 7 nitrogen and oxygen atoms in total. The molecule has 0 unspecified atom stereocenters. The highest BCUT2D eigenvalue weighted by Gasteiger charge is 2.36. The summed E-state index contributed by atoms with van der Waals surface area (Å²) in [6, 6.07) is 7.32. The summed E-state index contributed by atoms with van der Waals surface area (Å²) in [4.78, 5) is 32.2. The molecule has 4 rings (SSSR count). The van der Waals surface area contributed by atoms with E-state index in [1.54, 1.807) is 7.11 Å². The van der Waals surface area contributed by atoms with Crippen LogP contribution in [0, 0.1) is 11.8 Å². The summed E-state index contributed by atoms with van der Waals surface area (Å²) < 4.78 is 10.6. The van der Waals surface area contributed by atoms with Crippen molar-refractivity contribution in [1.29, 1.82) is 0 Å². The van der Waals surface area contributed by atoms with Gasteiger partial charge in [-0.1, -0.05) is 0 Å². The number of morpholine rings is 1. The molecule has 0 N–H and O–H groups in total. The maximum atomic E-state index is 13.0. The maximum absolute atomic E-state index is 13.0. The van der Waals surface area contributed by atoms with Crippen LogP contribution in [0.3, 0.4) is 0 Å². The second-order valence-electron chi connectivity index (χ2n) is 8.62. The van der Waals surface area contributed by atoms with Gasteiger partial charge in [0.05, 0.1) is 20.3 Å². The van der Waals surface area contributed by atoms with Gasteiger partial charge in [0.25, 0.3) is 5.91 Å². The van der Waals surface area contributed by atoms with Crippen LogP contribution in [0.25, 0.3) is 0 Å². The highest BCUT2D eigenvalue weighted by Crippen LogP contribution is 2.33. The molecule has 0 bridgehead atoms. The monoisotopic (exact) mass is 415 g/mol. The Hall–Kier alpha value is -2.12. The lowest BCUT2D eigenvalue weighted by Gasteiger charge is -2.37. The number of likely N-dealkylation sites (tertiary alicyclic amines) is 2. The standard InChI is InChI=1S/C23H33N3O4/c1-29-21-4-2-18(3-5-21)23(28)26-9-6-19-16-22(27)25(8-7-20(19)17-26)11-10-24-12-14-30-15-13-24/h2-5,19-20H,6-17H2,1H3/t19-,20-/m0/s1. The highest BCUT2D eigenvalue weighted by molar-refractivity contribution is 5.94. The number of hydrogen-bond acceptors (Lipinski definition) is 5. The van der Waals surface area contributed by atoms with E-state index in [-0.39, 0.29) is 11.8 Å². The normalized spacial score (nSPS) is 25.6. The zero-order valence-corrected chi connectivity index (χ0v) is 17.9. The van der Waals surface area contributed by atoms with Crippen LogP contribution in [-0.2, 0) is 9.53 Å². The van der Waals surface area contributed by atoms with Gasteiger partial charge in [0.1, 0.15) is 5.75 Å². The molecule has 0 aliphatic carbocycles. The third kappa shape index (κ3) is 4.95. The van der Waals surface area contributed by atoms with Crippen LogP contribution in [0.5, 0.6) is 5.75 Å². The van der Waals surface area contributed by atoms with Crippen LogP contribution in [-0.4, -0.2) is 92.7 Å². The molecule has 2 atom stereocenters. The molecule has 3 heterocycles. The molecule has 1 aromatic rings. The van der Waals surface area contributed by atoms with Crippen molar-refractivity contribution in [3.05, 3.63) is 29.8 Å².